The molecule has 0 atom stereocenters. The third-order valence-corrected chi connectivity index (χ3v) is 13.8. The average Bonchev–Trinajstić information content (AvgIpc) is 0.937. The zero-order chi connectivity index (χ0) is 68.8. The number of aliphatic hydroxyl groups is 2. The third kappa shape index (κ3) is 22.4. The number of benzene rings is 6. The SMILES string of the molecule is CCCCCCCCOc1ccc(C(=O)Nc2nc(NC(=O)c3ccc(C)cc3)cc(OC)n2)cc1.COc1ccc(C(=O)Nc2nc(NC(=O)c3ccc(CO)cc3)cc(OC)n2)cc1.COc1cccc(C(=O)Nc2nc(NC(=O)c3cccc(CO)c3)cc(OC)n2)c1. The third-order valence-electron chi connectivity index (χ3n) is 13.8. The number of amides is 6. The molecular formula is C70H74N12O14. The first-order chi connectivity index (χ1) is 46.5. The Balaban J connectivity index is 0.000000204. The lowest BCUT2D eigenvalue weighted by molar-refractivity contribution is 0.101. The summed E-state index contributed by atoms with van der Waals surface area (Å²) in [6.07, 6.45) is 7.22. The molecule has 6 amide bonds. The average molecular weight is 1310 g/mol. The predicted molar refractivity (Wildman–Crippen MR) is 361 cm³/mol. The van der Waals surface area contributed by atoms with E-state index in [0.29, 0.717) is 62.6 Å². The number of ether oxygens (including phenoxy) is 6. The van der Waals surface area contributed by atoms with E-state index in [9.17, 15) is 33.9 Å². The van der Waals surface area contributed by atoms with Crippen molar-refractivity contribution < 1.29 is 67.4 Å². The fourth-order valence-corrected chi connectivity index (χ4v) is 8.59. The van der Waals surface area contributed by atoms with Crippen LogP contribution in [0.2, 0.25) is 0 Å². The van der Waals surface area contributed by atoms with Crippen LogP contribution in [-0.4, -0.2) is 118 Å². The van der Waals surface area contributed by atoms with Crippen LogP contribution in [0.4, 0.5) is 35.3 Å². The van der Waals surface area contributed by atoms with Crippen molar-refractivity contribution in [2.45, 2.75) is 65.6 Å². The highest BCUT2D eigenvalue weighted by Gasteiger charge is 2.18. The van der Waals surface area contributed by atoms with Crippen molar-refractivity contribution in [1.29, 1.82) is 0 Å². The Hall–Kier alpha value is -11.9. The van der Waals surface area contributed by atoms with Gasteiger partial charge in [0.05, 0.1) is 55.4 Å². The van der Waals surface area contributed by atoms with Gasteiger partial charge in [-0.1, -0.05) is 87.1 Å². The van der Waals surface area contributed by atoms with Crippen molar-refractivity contribution in [3.8, 4) is 34.9 Å². The van der Waals surface area contributed by atoms with E-state index in [4.69, 9.17) is 33.5 Å². The van der Waals surface area contributed by atoms with Crippen LogP contribution in [0, 0.1) is 6.92 Å². The number of hydrogen-bond acceptors (Lipinski definition) is 20. The van der Waals surface area contributed by atoms with Crippen LogP contribution >= 0.6 is 0 Å². The van der Waals surface area contributed by atoms with Crippen LogP contribution in [0.1, 0.15) is 124 Å². The van der Waals surface area contributed by atoms with Gasteiger partial charge in [0.25, 0.3) is 35.4 Å². The largest absolute Gasteiger partial charge is 0.497 e. The van der Waals surface area contributed by atoms with E-state index in [2.05, 4.69) is 68.7 Å². The molecule has 26 heteroatoms. The number of nitrogens with zero attached hydrogens (tertiary/aromatic N) is 6. The number of methoxy groups -OCH3 is 5. The fourth-order valence-electron chi connectivity index (χ4n) is 8.59. The zero-order valence-electron chi connectivity index (χ0n) is 53.9. The minimum atomic E-state index is -0.449. The Morgan fingerprint density at radius 3 is 1.17 bits per heavy atom. The first kappa shape index (κ1) is 71.5. The van der Waals surface area contributed by atoms with Gasteiger partial charge >= 0.3 is 0 Å². The molecular weight excluding hydrogens is 1230 g/mol. The molecule has 0 bridgehead atoms. The van der Waals surface area contributed by atoms with Crippen molar-refractivity contribution in [2.24, 2.45) is 0 Å². The van der Waals surface area contributed by atoms with E-state index in [0.717, 1.165) is 24.2 Å². The molecule has 9 rings (SSSR count). The number of anilines is 6. The van der Waals surface area contributed by atoms with E-state index >= 15 is 0 Å². The first-order valence-corrected chi connectivity index (χ1v) is 30.2. The van der Waals surface area contributed by atoms with E-state index in [1.54, 1.807) is 133 Å². The number of rotatable bonds is 27. The smallest absolute Gasteiger partial charge is 0.258 e. The maximum absolute atomic E-state index is 12.7. The van der Waals surface area contributed by atoms with Crippen molar-refractivity contribution >= 4 is 70.7 Å². The molecule has 0 radical (unpaired) electrons. The second-order valence-electron chi connectivity index (χ2n) is 20.8. The topological polar surface area (TPSA) is 348 Å². The molecule has 0 spiro atoms. The molecule has 8 N–H and O–H groups in total. The molecule has 0 aliphatic carbocycles. The summed E-state index contributed by atoms with van der Waals surface area (Å²) in [5.74, 6) is 0.431. The number of aromatic nitrogens is 6. The number of unbranched alkanes of at least 4 members (excludes halogenated alkanes) is 5. The quantitative estimate of drug-likeness (QED) is 0.0222. The van der Waals surface area contributed by atoms with Crippen LogP contribution < -0.4 is 60.3 Å². The highest BCUT2D eigenvalue weighted by Crippen LogP contribution is 2.24. The number of nitrogens with one attached hydrogen (secondary N) is 6. The molecule has 498 valence electrons. The molecule has 3 heterocycles. The molecule has 96 heavy (non-hydrogen) atoms. The lowest BCUT2D eigenvalue weighted by Crippen LogP contribution is -2.17. The van der Waals surface area contributed by atoms with Gasteiger partial charge in [-0.3, -0.25) is 44.7 Å². The lowest BCUT2D eigenvalue weighted by Gasteiger charge is -2.10. The molecule has 3 aromatic heterocycles. The normalized spacial score (nSPS) is 10.3. The summed E-state index contributed by atoms with van der Waals surface area (Å²) in [4.78, 5) is 100. The Morgan fingerprint density at radius 1 is 0.354 bits per heavy atom. The summed E-state index contributed by atoms with van der Waals surface area (Å²) in [7, 11) is 7.32. The first-order valence-electron chi connectivity index (χ1n) is 30.2. The van der Waals surface area contributed by atoms with Crippen LogP contribution in [0.25, 0.3) is 0 Å². The number of aryl methyl sites for hydroxylation is 1. The monoisotopic (exact) mass is 1310 g/mol. The molecule has 0 fully saturated rings. The Bertz CT molecular complexity index is 3910. The van der Waals surface area contributed by atoms with Crippen molar-refractivity contribution in [3.05, 3.63) is 214 Å². The van der Waals surface area contributed by atoms with Crippen LogP contribution in [0.3, 0.4) is 0 Å². The zero-order valence-corrected chi connectivity index (χ0v) is 53.9. The molecule has 26 nitrogen and oxygen atoms in total. The summed E-state index contributed by atoms with van der Waals surface area (Å²) < 4.78 is 31.4. The second kappa shape index (κ2) is 37.0. The number of carbonyl (C=O) groups excluding carboxylic acids is 6. The van der Waals surface area contributed by atoms with Gasteiger partial charge in [0.1, 0.15) is 34.7 Å². The van der Waals surface area contributed by atoms with E-state index in [1.165, 1.54) is 79.4 Å². The molecule has 0 saturated heterocycles. The summed E-state index contributed by atoms with van der Waals surface area (Å²) in [6.45, 7) is 4.53. The van der Waals surface area contributed by atoms with Gasteiger partial charge in [-0.25, -0.2) is 0 Å². The van der Waals surface area contributed by atoms with Crippen molar-refractivity contribution in [1.82, 2.24) is 29.9 Å². The number of carbonyl (C=O) groups is 6. The minimum absolute atomic E-state index is 0.0157. The summed E-state index contributed by atoms with van der Waals surface area (Å²) in [5, 5.41) is 34.1. The summed E-state index contributed by atoms with van der Waals surface area (Å²) >= 11 is 0. The van der Waals surface area contributed by atoms with Gasteiger partial charge in [0.15, 0.2) is 0 Å². The molecule has 9 aromatic rings. The predicted octanol–water partition coefficient (Wildman–Crippen LogP) is 11.0. The fraction of sp³-hybridized carbons (Fsp3) is 0.229. The van der Waals surface area contributed by atoms with Gasteiger partial charge in [0, 0.05) is 51.6 Å². The standard InChI is InChI=1S/C28H34N4O4.2C21H20N4O5/c1-4-5-6-7-8-9-18-36-23-16-14-22(15-17-23)27(34)32-28-30-24(19-25(31-28)35-3)29-26(33)21-12-10-20(2)11-13-21;1-29-16-9-7-15(8-10-16)20(28)25-21-23-17(11-18(24-21)30-2)22-19(27)14-5-3-13(12-26)4-6-14;1-29-16-8-4-7-15(10-16)20(28)25-21-23-17(11-18(24-21)30-2)22-19(27)14-6-3-5-13(9-14)12-26/h10-17,19H,4-9,18H2,1-3H3,(H2,29,30,31,32,33,34);2*3-11,26H,12H2,1-2H3,(H2,22,23,24,25,27,28). The number of hydrogen-bond donors (Lipinski definition) is 8. The minimum Gasteiger partial charge on any atom is -0.497 e. The van der Waals surface area contributed by atoms with Gasteiger partial charge < -0.3 is 54.6 Å². The second-order valence-corrected chi connectivity index (χ2v) is 20.8. The molecule has 0 aliphatic heterocycles. The summed E-state index contributed by atoms with van der Waals surface area (Å²) in [5.41, 5.74) is 4.74. The van der Waals surface area contributed by atoms with Crippen molar-refractivity contribution in [2.75, 3.05) is 74.1 Å². The van der Waals surface area contributed by atoms with Crippen molar-refractivity contribution in [3.63, 3.8) is 0 Å². The Kier molecular flexibility index (Phi) is 27.5. The molecule has 0 unspecified atom stereocenters. The maximum atomic E-state index is 12.7. The van der Waals surface area contributed by atoms with Crippen LogP contribution in [0.5, 0.6) is 34.9 Å². The molecule has 6 aromatic carbocycles. The van der Waals surface area contributed by atoms with Crippen LogP contribution in [-0.2, 0) is 13.2 Å². The van der Waals surface area contributed by atoms with Gasteiger partial charge in [-0.2, -0.15) is 29.9 Å². The maximum Gasteiger partial charge on any atom is 0.258 e. The highest BCUT2D eigenvalue weighted by atomic mass is 16.5. The summed E-state index contributed by atoms with van der Waals surface area (Å²) in [6, 6.07) is 44.6. The molecule has 0 saturated carbocycles. The van der Waals surface area contributed by atoms with Gasteiger partial charge in [-0.15, -0.1) is 0 Å². The van der Waals surface area contributed by atoms with Gasteiger partial charge in [-0.05, 0) is 128 Å². The van der Waals surface area contributed by atoms with E-state index in [1.807, 2.05) is 19.1 Å². The lowest BCUT2D eigenvalue weighted by atomic mass is 10.1. The van der Waals surface area contributed by atoms with E-state index in [-0.39, 0.29) is 78.0 Å². The Labute approximate surface area is 554 Å². The van der Waals surface area contributed by atoms with E-state index < -0.39 is 23.6 Å². The number of aliphatic hydroxyl groups excluding tert-OH is 2. The highest BCUT2D eigenvalue weighted by molar-refractivity contribution is 6.07. The van der Waals surface area contributed by atoms with Crippen LogP contribution in [0.15, 0.2) is 164 Å². The molecule has 0 aliphatic rings. The Morgan fingerprint density at radius 2 is 0.729 bits per heavy atom. The van der Waals surface area contributed by atoms with Gasteiger partial charge in [0.2, 0.25) is 35.5 Å².